The highest BCUT2D eigenvalue weighted by Gasteiger charge is 1.98. The van der Waals surface area contributed by atoms with Crippen molar-refractivity contribution in [3.8, 4) is 0 Å². The molecule has 16 heavy (non-hydrogen) atoms. The molecule has 0 saturated carbocycles. The van der Waals surface area contributed by atoms with E-state index in [0.29, 0.717) is 6.54 Å². The molecule has 2 nitrogen and oxygen atoms in total. The van der Waals surface area contributed by atoms with Gasteiger partial charge in [0.15, 0.2) is 0 Å². The Morgan fingerprint density at radius 3 is 2.62 bits per heavy atom. The molecule has 0 fully saturated rings. The molecule has 0 saturated heterocycles. The number of aromatic nitrogens is 1. The van der Waals surface area contributed by atoms with E-state index in [4.69, 9.17) is 0 Å². The summed E-state index contributed by atoms with van der Waals surface area (Å²) in [6, 6.07) is 10.4. The number of aryl methyl sites for hydroxylation is 1. The molecule has 0 amide bonds. The van der Waals surface area contributed by atoms with Crippen molar-refractivity contribution in [2.24, 2.45) is 0 Å². The zero-order chi connectivity index (χ0) is 11.4. The fourth-order valence-corrected chi connectivity index (χ4v) is 1.46. The van der Waals surface area contributed by atoms with Gasteiger partial charge in [-0.3, -0.25) is 0 Å². The maximum absolute atomic E-state index is 12.7. The highest BCUT2D eigenvalue weighted by molar-refractivity contribution is 5.43. The van der Waals surface area contributed by atoms with Gasteiger partial charge in [0.2, 0.25) is 0 Å². The van der Waals surface area contributed by atoms with Gasteiger partial charge in [-0.1, -0.05) is 18.2 Å². The van der Waals surface area contributed by atoms with Gasteiger partial charge in [-0.05, 0) is 36.2 Å². The van der Waals surface area contributed by atoms with Crippen molar-refractivity contribution in [2.45, 2.75) is 13.5 Å². The van der Waals surface area contributed by atoms with Gasteiger partial charge in [0.05, 0.1) is 0 Å². The lowest BCUT2D eigenvalue weighted by molar-refractivity contribution is 0.627. The molecule has 0 unspecified atom stereocenters. The summed E-state index contributed by atoms with van der Waals surface area (Å²) >= 11 is 0. The number of halogens is 1. The van der Waals surface area contributed by atoms with Crippen molar-refractivity contribution in [3.63, 3.8) is 0 Å². The van der Waals surface area contributed by atoms with E-state index in [1.165, 1.54) is 12.1 Å². The van der Waals surface area contributed by atoms with Crippen LogP contribution < -0.4 is 5.32 Å². The number of benzene rings is 1. The Bertz CT molecular complexity index is 466. The molecule has 1 N–H and O–H groups in total. The van der Waals surface area contributed by atoms with Crippen LogP contribution in [0.4, 0.5) is 10.2 Å². The molecule has 0 atom stereocenters. The largest absolute Gasteiger partial charge is 0.366 e. The summed E-state index contributed by atoms with van der Waals surface area (Å²) in [5.41, 5.74) is 2.14. The van der Waals surface area contributed by atoms with Crippen molar-refractivity contribution < 1.29 is 4.39 Å². The molecule has 0 spiro atoms. The van der Waals surface area contributed by atoms with Crippen molar-refractivity contribution in [1.82, 2.24) is 4.98 Å². The van der Waals surface area contributed by atoms with E-state index in [0.717, 1.165) is 16.9 Å². The molecule has 2 rings (SSSR count). The van der Waals surface area contributed by atoms with Gasteiger partial charge in [-0.15, -0.1) is 0 Å². The van der Waals surface area contributed by atoms with E-state index >= 15 is 0 Å². The van der Waals surface area contributed by atoms with E-state index in [2.05, 4.69) is 10.3 Å². The summed E-state index contributed by atoms with van der Waals surface area (Å²) in [6.45, 7) is 2.65. The van der Waals surface area contributed by atoms with Gasteiger partial charge in [-0.25, -0.2) is 9.37 Å². The normalized spacial score (nSPS) is 10.1. The Hall–Kier alpha value is -1.90. The predicted molar refractivity (Wildman–Crippen MR) is 62.7 cm³/mol. The number of rotatable bonds is 3. The first-order valence-electron chi connectivity index (χ1n) is 5.15. The van der Waals surface area contributed by atoms with Crippen molar-refractivity contribution in [3.05, 3.63) is 59.5 Å². The fourth-order valence-electron chi connectivity index (χ4n) is 1.46. The molecule has 0 aliphatic carbocycles. The van der Waals surface area contributed by atoms with Crippen LogP contribution in [0.3, 0.4) is 0 Å². The van der Waals surface area contributed by atoms with Crippen LogP contribution in [0.25, 0.3) is 0 Å². The average Bonchev–Trinajstić information content (AvgIpc) is 2.30. The summed E-state index contributed by atoms with van der Waals surface area (Å²) in [4.78, 5) is 4.23. The van der Waals surface area contributed by atoms with E-state index in [1.807, 2.05) is 19.1 Å². The molecule has 82 valence electrons. The first-order chi connectivity index (χ1) is 7.75. The van der Waals surface area contributed by atoms with E-state index < -0.39 is 0 Å². The first kappa shape index (κ1) is 10.6. The van der Waals surface area contributed by atoms with Crippen LogP contribution in [0, 0.1) is 12.7 Å². The molecular formula is C13H13FN2. The van der Waals surface area contributed by atoms with Crippen LogP contribution in [0.1, 0.15) is 11.1 Å². The standard InChI is InChI=1S/C13H13FN2/c1-10-3-2-8-15-13(10)16-9-11-4-6-12(14)7-5-11/h2-8H,9H2,1H3,(H,15,16). The maximum atomic E-state index is 12.7. The third kappa shape index (κ3) is 2.57. The Kier molecular flexibility index (Phi) is 3.15. The molecule has 0 aliphatic heterocycles. The van der Waals surface area contributed by atoms with Crippen molar-refractivity contribution in [2.75, 3.05) is 5.32 Å². The highest BCUT2D eigenvalue weighted by Crippen LogP contribution is 2.11. The molecule has 2 aromatic rings. The van der Waals surface area contributed by atoms with E-state index in [1.54, 1.807) is 18.3 Å². The van der Waals surface area contributed by atoms with Gasteiger partial charge >= 0.3 is 0 Å². The van der Waals surface area contributed by atoms with Crippen LogP contribution in [-0.4, -0.2) is 4.98 Å². The minimum absolute atomic E-state index is 0.210. The van der Waals surface area contributed by atoms with Gasteiger partial charge in [0.25, 0.3) is 0 Å². The minimum Gasteiger partial charge on any atom is -0.366 e. The van der Waals surface area contributed by atoms with Crippen LogP contribution >= 0.6 is 0 Å². The SMILES string of the molecule is Cc1cccnc1NCc1ccc(F)cc1. The second-order valence-corrected chi connectivity index (χ2v) is 3.65. The lowest BCUT2D eigenvalue weighted by Gasteiger charge is -2.07. The lowest BCUT2D eigenvalue weighted by Crippen LogP contribution is -2.02. The quantitative estimate of drug-likeness (QED) is 0.852. The van der Waals surface area contributed by atoms with Gasteiger partial charge in [0, 0.05) is 12.7 Å². The second kappa shape index (κ2) is 4.75. The maximum Gasteiger partial charge on any atom is 0.129 e. The number of nitrogens with zero attached hydrogens (tertiary/aromatic N) is 1. The van der Waals surface area contributed by atoms with Gasteiger partial charge in [-0.2, -0.15) is 0 Å². The summed E-state index contributed by atoms with van der Waals surface area (Å²) < 4.78 is 12.7. The third-order valence-electron chi connectivity index (χ3n) is 2.38. The number of anilines is 1. The monoisotopic (exact) mass is 216 g/mol. The summed E-state index contributed by atoms with van der Waals surface area (Å²) in [6.07, 6.45) is 1.75. The fraction of sp³-hybridized carbons (Fsp3) is 0.154. The average molecular weight is 216 g/mol. The Labute approximate surface area is 94.2 Å². The Balaban J connectivity index is 2.02. The van der Waals surface area contributed by atoms with Crippen LogP contribution in [0.5, 0.6) is 0 Å². The number of nitrogens with one attached hydrogen (secondary N) is 1. The van der Waals surface area contributed by atoms with E-state index in [-0.39, 0.29) is 5.82 Å². The Morgan fingerprint density at radius 1 is 1.19 bits per heavy atom. The zero-order valence-electron chi connectivity index (χ0n) is 9.07. The summed E-state index contributed by atoms with van der Waals surface area (Å²) in [5.74, 6) is 0.657. The third-order valence-corrected chi connectivity index (χ3v) is 2.38. The predicted octanol–water partition coefficient (Wildman–Crippen LogP) is 3.14. The zero-order valence-corrected chi connectivity index (χ0v) is 9.07. The topological polar surface area (TPSA) is 24.9 Å². The number of hydrogen-bond donors (Lipinski definition) is 1. The lowest BCUT2D eigenvalue weighted by atomic mass is 10.2. The molecule has 1 aromatic heterocycles. The summed E-state index contributed by atoms with van der Waals surface area (Å²) in [7, 11) is 0. The van der Waals surface area contributed by atoms with Crippen molar-refractivity contribution >= 4 is 5.82 Å². The second-order valence-electron chi connectivity index (χ2n) is 3.65. The number of pyridine rings is 1. The molecule has 1 aromatic carbocycles. The molecular weight excluding hydrogens is 203 g/mol. The smallest absolute Gasteiger partial charge is 0.129 e. The molecule has 0 aliphatic rings. The molecule has 1 heterocycles. The number of hydrogen-bond acceptors (Lipinski definition) is 2. The molecule has 3 heteroatoms. The van der Waals surface area contributed by atoms with Crippen LogP contribution in [-0.2, 0) is 6.54 Å². The van der Waals surface area contributed by atoms with E-state index in [9.17, 15) is 4.39 Å². The summed E-state index contributed by atoms with van der Waals surface area (Å²) in [5, 5.41) is 3.22. The molecule has 0 bridgehead atoms. The first-order valence-corrected chi connectivity index (χ1v) is 5.15. The van der Waals surface area contributed by atoms with Crippen LogP contribution in [0.15, 0.2) is 42.6 Å². The van der Waals surface area contributed by atoms with Crippen LogP contribution in [0.2, 0.25) is 0 Å². The Morgan fingerprint density at radius 2 is 1.94 bits per heavy atom. The molecule has 0 radical (unpaired) electrons. The minimum atomic E-state index is -0.210. The highest BCUT2D eigenvalue weighted by atomic mass is 19.1. The van der Waals surface area contributed by atoms with Gasteiger partial charge in [0.1, 0.15) is 11.6 Å². The van der Waals surface area contributed by atoms with Gasteiger partial charge < -0.3 is 5.32 Å². The van der Waals surface area contributed by atoms with Crippen molar-refractivity contribution in [1.29, 1.82) is 0 Å².